The van der Waals surface area contributed by atoms with Gasteiger partial charge in [0.2, 0.25) is 0 Å². The van der Waals surface area contributed by atoms with Gasteiger partial charge in [0.1, 0.15) is 6.61 Å². The largest absolute Gasteiger partial charge is 0.490 e. The molecular weight excluding hydrogens is 611 g/mol. The van der Waals surface area contributed by atoms with Crippen LogP contribution in [0.4, 0.5) is 17.1 Å². The maximum absolute atomic E-state index is 13.3. The standard InChI is InChI=1S/C35H34Cl2N4O4/c1-3-44-32-15-9-13-28(33(32)45-23-25-10-7-8-14-29(25)36)35-40(34(24(2)42)38-41(35)26-11-5-4-6-12-26)27-16-17-31(30(37)22-27)39-18-20-43-21-19-39/h4-17,22,35H,3,18-21,23H2,1-2H3/t35-/m1/s1. The number of hydrogen-bond acceptors (Lipinski definition) is 8. The first-order valence-electron chi connectivity index (χ1n) is 14.9. The third kappa shape index (κ3) is 6.45. The molecule has 1 atom stereocenters. The topological polar surface area (TPSA) is 66.8 Å². The van der Waals surface area contributed by atoms with Crippen LogP contribution in [0.2, 0.25) is 10.0 Å². The Morgan fingerprint density at radius 3 is 2.36 bits per heavy atom. The van der Waals surface area contributed by atoms with E-state index in [1.165, 1.54) is 6.92 Å². The van der Waals surface area contributed by atoms with Gasteiger partial charge in [-0.2, -0.15) is 0 Å². The Bertz CT molecular complexity index is 1690. The molecule has 4 aromatic carbocycles. The van der Waals surface area contributed by atoms with Crippen molar-refractivity contribution < 1.29 is 19.0 Å². The van der Waals surface area contributed by atoms with E-state index in [1.54, 1.807) is 0 Å². The number of para-hydroxylation sites is 2. The van der Waals surface area contributed by atoms with Gasteiger partial charge in [-0.3, -0.25) is 9.69 Å². The number of hydrazone groups is 1. The predicted molar refractivity (Wildman–Crippen MR) is 180 cm³/mol. The summed E-state index contributed by atoms with van der Waals surface area (Å²) in [6.45, 7) is 6.91. The third-order valence-electron chi connectivity index (χ3n) is 7.72. The number of carbonyl (C=O) groups excluding carboxylic acids is 1. The average molecular weight is 646 g/mol. The first kappa shape index (κ1) is 30.8. The summed E-state index contributed by atoms with van der Waals surface area (Å²) in [4.78, 5) is 17.4. The minimum atomic E-state index is -0.613. The van der Waals surface area contributed by atoms with Crippen molar-refractivity contribution in [2.24, 2.45) is 5.10 Å². The lowest BCUT2D eigenvalue weighted by Crippen LogP contribution is -2.38. The number of carbonyl (C=O) groups is 1. The second-order valence-corrected chi connectivity index (χ2v) is 11.4. The van der Waals surface area contributed by atoms with Gasteiger partial charge in [-0.15, -0.1) is 5.10 Å². The highest BCUT2D eigenvalue weighted by atomic mass is 35.5. The van der Waals surface area contributed by atoms with Gasteiger partial charge in [0.05, 0.1) is 36.2 Å². The molecule has 6 rings (SSSR count). The van der Waals surface area contributed by atoms with Crippen LogP contribution in [0, 0.1) is 0 Å². The van der Waals surface area contributed by atoms with Gasteiger partial charge in [-0.1, -0.05) is 71.7 Å². The van der Waals surface area contributed by atoms with Crippen LogP contribution in [0.25, 0.3) is 0 Å². The van der Waals surface area contributed by atoms with Gasteiger partial charge in [0.15, 0.2) is 29.3 Å². The van der Waals surface area contributed by atoms with E-state index in [2.05, 4.69) is 4.90 Å². The van der Waals surface area contributed by atoms with Crippen LogP contribution in [-0.4, -0.2) is 44.5 Å². The molecule has 4 aromatic rings. The number of ketones is 1. The Labute approximate surface area is 273 Å². The molecule has 2 aliphatic rings. The first-order valence-corrected chi connectivity index (χ1v) is 15.7. The van der Waals surface area contributed by atoms with Crippen molar-refractivity contribution in [3.05, 3.63) is 112 Å². The van der Waals surface area contributed by atoms with E-state index in [-0.39, 0.29) is 18.2 Å². The number of hydrogen-bond donors (Lipinski definition) is 0. The lowest BCUT2D eigenvalue weighted by molar-refractivity contribution is -0.111. The van der Waals surface area contributed by atoms with Gasteiger partial charge >= 0.3 is 0 Å². The van der Waals surface area contributed by atoms with Crippen molar-refractivity contribution in [2.75, 3.05) is 47.7 Å². The van der Waals surface area contributed by atoms with Gasteiger partial charge in [0, 0.05) is 41.9 Å². The minimum Gasteiger partial charge on any atom is -0.490 e. The number of nitrogens with zero attached hydrogens (tertiary/aromatic N) is 4. The van der Waals surface area contributed by atoms with E-state index in [9.17, 15) is 4.79 Å². The first-order chi connectivity index (χ1) is 22.0. The van der Waals surface area contributed by atoms with E-state index in [4.69, 9.17) is 42.5 Å². The Morgan fingerprint density at radius 1 is 0.889 bits per heavy atom. The quantitative estimate of drug-likeness (QED) is 0.175. The Balaban J connectivity index is 1.49. The van der Waals surface area contributed by atoms with Gasteiger partial charge < -0.3 is 19.1 Å². The van der Waals surface area contributed by atoms with Crippen molar-refractivity contribution >= 4 is 51.9 Å². The molecule has 10 heteroatoms. The number of amidine groups is 1. The maximum Gasteiger partial charge on any atom is 0.198 e. The molecule has 1 saturated heterocycles. The number of halogens is 2. The fourth-order valence-electron chi connectivity index (χ4n) is 5.62. The summed E-state index contributed by atoms with van der Waals surface area (Å²) < 4.78 is 18.2. The molecule has 0 N–H and O–H groups in total. The zero-order valence-corrected chi connectivity index (χ0v) is 26.7. The summed E-state index contributed by atoms with van der Waals surface area (Å²) in [5.41, 5.74) is 4.03. The summed E-state index contributed by atoms with van der Waals surface area (Å²) in [5, 5.41) is 7.93. The fourth-order valence-corrected chi connectivity index (χ4v) is 6.10. The summed E-state index contributed by atoms with van der Waals surface area (Å²) in [5.74, 6) is 1.20. The number of Topliss-reactive ketones (excluding diaryl/α,β-unsaturated/α-hetero) is 1. The van der Waals surface area contributed by atoms with Crippen molar-refractivity contribution in [1.29, 1.82) is 0 Å². The molecule has 2 heterocycles. The van der Waals surface area contributed by atoms with E-state index in [0.717, 1.165) is 35.6 Å². The SMILES string of the molecule is CCOc1cccc([C@H]2N(c3ccccc3)N=C(C(C)=O)N2c2ccc(N3CCOCC3)c(Cl)c2)c1OCc1ccccc1Cl. The summed E-state index contributed by atoms with van der Waals surface area (Å²) in [6.07, 6.45) is -0.613. The zero-order chi connectivity index (χ0) is 31.3. The van der Waals surface area contributed by atoms with E-state index >= 15 is 0 Å². The molecule has 0 saturated carbocycles. The Morgan fingerprint density at radius 2 is 1.64 bits per heavy atom. The summed E-state index contributed by atoms with van der Waals surface area (Å²) in [6, 6.07) is 29.0. The monoisotopic (exact) mass is 644 g/mol. The smallest absolute Gasteiger partial charge is 0.198 e. The second kappa shape index (κ2) is 13.8. The number of rotatable bonds is 10. The lowest BCUT2D eigenvalue weighted by atomic mass is 10.1. The molecule has 1 fully saturated rings. The maximum atomic E-state index is 13.3. The molecule has 0 radical (unpaired) electrons. The fraction of sp³-hybridized carbons (Fsp3) is 0.257. The van der Waals surface area contributed by atoms with Crippen LogP contribution in [0.15, 0.2) is 96.1 Å². The predicted octanol–water partition coefficient (Wildman–Crippen LogP) is 7.74. The number of anilines is 3. The molecule has 0 aliphatic carbocycles. The van der Waals surface area contributed by atoms with Crippen LogP contribution in [0.5, 0.6) is 11.5 Å². The average Bonchev–Trinajstić information content (AvgIpc) is 3.47. The molecule has 0 bridgehead atoms. The van der Waals surface area contributed by atoms with E-state index in [0.29, 0.717) is 47.1 Å². The van der Waals surface area contributed by atoms with Gasteiger partial charge in [0.25, 0.3) is 0 Å². The van der Waals surface area contributed by atoms with Crippen molar-refractivity contribution in [2.45, 2.75) is 26.6 Å². The highest BCUT2D eigenvalue weighted by molar-refractivity contribution is 6.44. The number of benzene rings is 4. The molecule has 45 heavy (non-hydrogen) atoms. The van der Waals surface area contributed by atoms with Crippen LogP contribution in [0.3, 0.4) is 0 Å². The lowest BCUT2D eigenvalue weighted by Gasteiger charge is -2.34. The van der Waals surface area contributed by atoms with Gasteiger partial charge in [-0.05, 0) is 49.4 Å². The molecule has 0 spiro atoms. The van der Waals surface area contributed by atoms with Crippen LogP contribution in [-0.2, 0) is 16.1 Å². The van der Waals surface area contributed by atoms with Crippen molar-refractivity contribution in [1.82, 2.24) is 0 Å². The molecule has 232 valence electrons. The minimum absolute atomic E-state index is 0.189. The Kier molecular flexibility index (Phi) is 9.45. The Hall–Kier alpha value is -4.24. The summed E-state index contributed by atoms with van der Waals surface area (Å²) in [7, 11) is 0. The second-order valence-electron chi connectivity index (χ2n) is 10.6. The van der Waals surface area contributed by atoms with Crippen LogP contribution in [0.1, 0.15) is 31.1 Å². The molecule has 8 nitrogen and oxygen atoms in total. The zero-order valence-electron chi connectivity index (χ0n) is 25.2. The molecule has 0 aromatic heterocycles. The van der Waals surface area contributed by atoms with Crippen molar-refractivity contribution in [3.8, 4) is 11.5 Å². The van der Waals surface area contributed by atoms with E-state index < -0.39 is 6.17 Å². The normalized spacial score (nSPS) is 16.5. The van der Waals surface area contributed by atoms with Crippen LogP contribution < -0.4 is 24.3 Å². The highest BCUT2D eigenvalue weighted by Crippen LogP contribution is 2.46. The van der Waals surface area contributed by atoms with Crippen molar-refractivity contribution in [3.63, 3.8) is 0 Å². The van der Waals surface area contributed by atoms with E-state index in [1.807, 2.05) is 108 Å². The molecule has 0 unspecified atom stereocenters. The third-order valence-corrected chi connectivity index (χ3v) is 8.39. The molecule has 2 aliphatic heterocycles. The number of ether oxygens (including phenoxy) is 3. The molecular formula is C35H34Cl2N4O4. The summed E-state index contributed by atoms with van der Waals surface area (Å²) >= 11 is 13.4. The molecule has 0 amide bonds. The highest BCUT2D eigenvalue weighted by Gasteiger charge is 2.41. The number of morpholine rings is 1. The van der Waals surface area contributed by atoms with Gasteiger partial charge in [-0.25, -0.2) is 5.01 Å². The van der Waals surface area contributed by atoms with Crippen LogP contribution >= 0.6 is 23.2 Å².